The summed E-state index contributed by atoms with van der Waals surface area (Å²) in [7, 11) is 0. The maximum Gasteiger partial charge on any atom is 0.316 e. The van der Waals surface area contributed by atoms with E-state index >= 15 is 0 Å². The number of carbonyl (C=O) groups is 3. The Labute approximate surface area is 202 Å². The number of nitrogens with zero attached hydrogens (tertiary/aromatic N) is 3. The first kappa shape index (κ1) is 23.7. The Morgan fingerprint density at radius 3 is 2.68 bits per heavy atom. The van der Waals surface area contributed by atoms with Crippen LogP contribution in [0.1, 0.15) is 30.9 Å². The van der Waals surface area contributed by atoms with E-state index < -0.39 is 6.04 Å². The molecule has 2 aromatic carbocycles. The number of fused-ring (bicyclic) bond motifs is 3. The molecule has 2 heterocycles. The molecule has 0 aromatic heterocycles. The van der Waals surface area contributed by atoms with Crippen molar-refractivity contribution in [2.75, 3.05) is 18.9 Å². The van der Waals surface area contributed by atoms with Crippen LogP contribution in [0.15, 0.2) is 64.6 Å². The molecule has 0 saturated heterocycles. The number of nitrogens with one attached hydrogen (secondary N) is 1. The fraction of sp³-hybridized carbons (Fsp3) is 0.320. The zero-order valence-electron chi connectivity index (χ0n) is 18.9. The molecule has 0 spiro atoms. The molecule has 4 rings (SSSR count). The van der Waals surface area contributed by atoms with E-state index in [1.54, 1.807) is 6.92 Å². The lowest BCUT2D eigenvalue weighted by Crippen LogP contribution is -2.41. The Bertz CT molecular complexity index is 1130. The van der Waals surface area contributed by atoms with Crippen molar-refractivity contribution in [2.24, 2.45) is 9.98 Å². The number of rotatable bonds is 9. The van der Waals surface area contributed by atoms with E-state index in [0.29, 0.717) is 36.3 Å². The molecule has 2 aliphatic heterocycles. The van der Waals surface area contributed by atoms with Gasteiger partial charge in [0, 0.05) is 18.5 Å². The summed E-state index contributed by atoms with van der Waals surface area (Å²) in [5, 5.41) is 3.30. The SMILES string of the molecule is CCOC(=O)CSC1=Nc2ccccc2C2=N[C@H](CCC(=O)NCCc3ccccc3)C(=O)N12. The van der Waals surface area contributed by atoms with Gasteiger partial charge in [0.1, 0.15) is 11.9 Å². The van der Waals surface area contributed by atoms with Crippen LogP contribution in [0.3, 0.4) is 0 Å². The van der Waals surface area contributed by atoms with Gasteiger partial charge in [-0.15, -0.1) is 0 Å². The minimum atomic E-state index is -0.672. The summed E-state index contributed by atoms with van der Waals surface area (Å²) >= 11 is 1.15. The Balaban J connectivity index is 1.39. The molecule has 1 N–H and O–H groups in total. The first-order valence-electron chi connectivity index (χ1n) is 11.3. The van der Waals surface area contributed by atoms with Gasteiger partial charge in [-0.1, -0.05) is 54.2 Å². The van der Waals surface area contributed by atoms with Crippen molar-refractivity contribution in [1.29, 1.82) is 0 Å². The van der Waals surface area contributed by atoms with Gasteiger partial charge in [-0.2, -0.15) is 0 Å². The predicted octanol–water partition coefficient (Wildman–Crippen LogP) is 3.08. The van der Waals surface area contributed by atoms with Gasteiger partial charge in [-0.3, -0.25) is 19.4 Å². The lowest BCUT2D eigenvalue weighted by Gasteiger charge is -2.25. The smallest absolute Gasteiger partial charge is 0.316 e. The van der Waals surface area contributed by atoms with E-state index in [9.17, 15) is 14.4 Å². The molecule has 0 bridgehead atoms. The van der Waals surface area contributed by atoms with Crippen molar-refractivity contribution < 1.29 is 19.1 Å². The van der Waals surface area contributed by atoms with E-state index in [1.807, 2.05) is 54.6 Å². The number of benzene rings is 2. The van der Waals surface area contributed by atoms with Gasteiger partial charge in [0.05, 0.1) is 18.0 Å². The third kappa shape index (κ3) is 5.53. The predicted molar refractivity (Wildman–Crippen MR) is 132 cm³/mol. The molecule has 9 heteroatoms. The molecule has 1 atom stereocenters. The van der Waals surface area contributed by atoms with Gasteiger partial charge < -0.3 is 10.1 Å². The monoisotopic (exact) mass is 478 g/mol. The van der Waals surface area contributed by atoms with Crippen molar-refractivity contribution in [2.45, 2.75) is 32.2 Å². The van der Waals surface area contributed by atoms with Crippen molar-refractivity contribution in [1.82, 2.24) is 10.2 Å². The van der Waals surface area contributed by atoms with E-state index in [0.717, 1.165) is 29.3 Å². The largest absolute Gasteiger partial charge is 0.465 e. The van der Waals surface area contributed by atoms with Gasteiger partial charge in [0.25, 0.3) is 5.91 Å². The Hall–Kier alpha value is -3.46. The maximum atomic E-state index is 13.2. The van der Waals surface area contributed by atoms with E-state index in [1.165, 1.54) is 4.90 Å². The van der Waals surface area contributed by atoms with Gasteiger partial charge in [0.15, 0.2) is 5.17 Å². The van der Waals surface area contributed by atoms with Crippen LogP contribution in [0, 0.1) is 0 Å². The minimum absolute atomic E-state index is 0.0421. The molecule has 2 aliphatic rings. The molecule has 0 unspecified atom stereocenters. The summed E-state index contributed by atoms with van der Waals surface area (Å²) in [6.45, 7) is 2.57. The van der Waals surface area contributed by atoms with E-state index in [-0.39, 0.29) is 30.0 Å². The van der Waals surface area contributed by atoms with E-state index in [4.69, 9.17) is 4.74 Å². The number of thioether (sulfide) groups is 1. The molecule has 0 saturated carbocycles. The molecule has 34 heavy (non-hydrogen) atoms. The Kier molecular flexibility index (Phi) is 7.74. The highest BCUT2D eigenvalue weighted by atomic mass is 32.2. The summed E-state index contributed by atoms with van der Waals surface area (Å²) in [6, 6.07) is 16.7. The number of hydrogen-bond donors (Lipinski definition) is 1. The lowest BCUT2D eigenvalue weighted by molar-refractivity contribution is -0.139. The molecular formula is C25H26N4O4S. The lowest BCUT2D eigenvalue weighted by atomic mass is 10.1. The topological polar surface area (TPSA) is 100 Å². The van der Waals surface area contributed by atoms with E-state index in [2.05, 4.69) is 15.3 Å². The first-order chi connectivity index (χ1) is 16.6. The van der Waals surface area contributed by atoms with Crippen molar-refractivity contribution in [3.05, 3.63) is 65.7 Å². The highest BCUT2D eigenvalue weighted by Crippen LogP contribution is 2.34. The van der Waals surface area contributed by atoms with Crippen LogP contribution in [0.5, 0.6) is 0 Å². The number of amides is 2. The van der Waals surface area contributed by atoms with Crippen LogP contribution in [0.25, 0.3) is 0 Å². The second kappa shape index (κ2) is 11.1. The first-order valence-corrected chi connectivity index (χ1v) is 12.2. The zero-order chi connectivity index (χ0) is 23.9. The fourth-order valence-corrected chi connectivity index (χ4v) is 4.56. The number of esters is 1. The number of carbonyl (C=O) groups excluding carboxylic acids is 3. The maximum absolute atomic E-state index is 13.2. The minimum Gasteiger partial charge on any atom is -0.465 e. The second-order valence-electron chi connectivity index (χ2n) is 7.77. The van der Waals surface area contributed by atoms with Crippen molar-refractivity contribution in [3.8, 4) is 0 Å². The summed E-state index contributed by atoms with van der Waals surface area (Å²) in [5.74, 6) is -0.170. The van der Waals surface area contributed by atoms with Gasteiger partial charge in [0.2, 0.25) is 5.91 Å². The van der Waals surface area contributed by atoms with Crippen molar-refractivity contribution in [3.63, 3.8) is 0 Å². The summed E-state index contributed by atoms with van der Waals surface area (Å²) in [5.41, 5.74) is 2.60. The molecule has 0 radical (unpaired) electrons. The molecule has 0 aliphatic carbocycles. The number of amidine groups is 2. The summed E-state index contributed by atoms with van der Waals surface area (Å²) < 4.78 is 4.99. The summed E-state index contributed by atoms with van der Waals surface area (Å²) in [6.07, 6.45) is 1.24. The van der Waals surface area contributed by atoms with Crippen molar-refractivity contribution >= 4 is 46.2 Å². The number of para-hydroxylation sites is 1. The third-order valence-corrected chi connectivity index (χ3v) is 6.31. The Morgan fingerprint density at radius 1 is 1.12 bits per heavy atom. The van der Waals surface area contributed by atoms with Crippen LogP contribution in [0.2, 0.25) is 0 Å². The highest BCUT2D eigenvalue weighted by Gasteiger charge is 2.41. The van der Waals surface area contributed by atoms with Crippen LogP contribution in [-0.4, -0.2) is 58.6 Å². The Morgan fingerprint density at radius 2 is 1.88 bits per heavy atom. The van der Waals surface area contributed by atoms with Crippen LogP contribution >= 0.6 is 11.8 Å². The highest BCUT2D eigenvalue weighted by molar-refractivity contribution is 8.14. The zero-order valence-corrected chi connectivity index (χ0v) is 19.7. The second-order valence-corrected chi connectivity index (χ2v) is 8.71. The molecule has 0 fully saturated rings. The summed E-state index contributed by atoms with van der Waals surface area (Å²) in [4.78, 5) is 48.1. The fourth-order valence-electron chi connectivity index (χ4n) is 3.76. The molecule has 2 aromatic rings. The normalized spacial score (nSPS) is 16.3. The molecule has 8 nitrogen and oxygen atoms in total. The van der Waals surface area contributed by atoms with Gasteiger partial charge in [-0.25, -0.2) is 9.89 Å². The average molecular weight is 479 g/mol. The molecular weight excluding hydrogens is 452 g/mol. The standard InChI is InChI=1S/C25H26N4O4S/c1-2-33-22(31)16-34-25-28-19-11-7-6-10-18(19)23-27-20(24(32)29(23)25)12-13-21(30)26-15-14-17-8-4-3-5-9-17/h3-11,20H,2,12-16H2,1H3,(H,26,30)/t20-/m1/s1. The van der Waals surface area contributed by atoms with Crippen LogP contribution in [-0.2, 0) is 25.5 Å². The van der Waals surface area contributed by atoms with Crippen LogP contribution in [0.4, 0.5) is 5.69 Å². The number of ether oxygens (including phenoxy) is 1. The molecule has 2 amide bonds. The van der Waals surface area contributed by atoms with Gasteiger partial charge in [-0.05, 0) is 37.5 Å². The third-order valence-electron chi connectivity index (χ3n) is 5.40. The molecule has 176 valence electrons. The van der Waals surface area contributed by atoms with Gasteiger partial charge >= 0.3 is 5.97 Å². The number of aliphatic imine (C=N–C) groups is 2. The quantitative estimate of drug-likeness (QED) is 0.559. The average Bonchev–Trinajstić information content (AvgIpc) is 3.19. The van der Waals surface area contributed by atoms with Crippen LogP contribution < -0.4 is 5.32 Å². The number of hydrogen-bond acceptors (Lipinski definition) is 7.